The van der Waals surface area contributed by atoms with Crippen molar-refractivity contribution in [2.45, 2.75) is 116 Å². The van der Waals surface area contributed by atoms with Crippen molar-refractivity contribution in [3.63, 3.8) is 0 Å². The van der Waals surface area contributed by atoms with Gasteiger partial charge in [0.15, 0.2) is 20.4 Å². The molecule has 1 saturated heterocycles. The Labute approximate surface area is 149 Å². The Morgan fingerprint density at radius 3 is 2.33 bits per heavy atom. The van der Waals surface area contributed by atoms with Crippen LogP contribution in [0.15, 0.2) is 0 Å². The van der Waals surface area contributed by atoms with Gasteiger partial charge in [-0.1, -0.05) is 40.0 Å². The van der Waals surface area contributed by atoms with Crippen LogP contribution in [0.1, 0.15) is 73.6 Å². The zero-order valence-electron chi connectivity index (χ0n) is 17.0. The third-order valence-electron chi connectivity index (χ3n) is 5.26. The summed E-state index contributed by atoms with van der Waals surface area (Å²) in [6, 6.07) is 0. The van der Waals surface area contributed by atoms with Crippen molar-refractivity contribution in [3.8, 4) is 0 Å². The minimum atomic E-state index is -1.66. The van der Waals surface area contributed by atoms with Gasteiger partial charge in [0.1, 0.15) is 6.10 Å². The zero-order chi connectivity index (χ0) is 18.6. The number of ether oxygens (including phenoxy) is 2. The lowest BCUT2D eigenvalue weighted by Gasteiger charge is -2.38. The van der Waals surface area contributed by atoms with Gasteiger partial charge in [0.2, 0.25) is 0 Å². The van der Waals surface area contributed by atoms with Gasteiger partial charge < -0.3 is 18.7 Å². The highest BCUT2D eigenvalue weighted by Gasteiger charge is 2.40. The number of rotatable bonds is 9. The lowest BCUT2D eigenvalue weighted by Crippen LogP contribution is -2.43. The largest absolute Gasteiger partial charge is 0.414 e. The summed E-state index contributed by atoms with van der Waals surface area (Å²) in [7, 11) is -1.66. The molecule has 0 radical (unpaired) electrons. The van der Waals surface area contributed by atoms with Crippen LogP contribution < -0.4 is 0 Å². The summed E-state index contributed by atoms with van der Waals surface area (Å²) in [6.45, 7) is 17.4. The maximum absolute atomic E-state index is 11.1. The second kappa shape index (κ2) is 8.43. The van der Waals surface area contributed by atoms with E-state index in [1.54, 1.807) is 0 Å². The summed E-state index contributed by atoms with van der Waals surface area (Å²) in [4.78, 5) is 11.1. The van der Waals surface area contributed by atoms with Crippen molar-refractivity contribution in [2.24, 2.45) is 0 Å². The predicted octanol–water partition coefficient (Wildman–Crippen LogP) is 5.07. The van der Waals surface area contributed by atoms with Crippen molar-refractivity contribution in [1.29, 1.82) is 0 Å². The van der Waals surface area contributed by atoms with Crippen LogP contribution in [0.4, 0.5) is 0 Å². The molecule has 24 heavy (non-hydrogen) atoms. The first-order valence-corrected chi connectivity index (χ1v) is 12.3. The molecule has 0 amide bonds. The molecule has 0 saturated carbocycles. The number of carbonyl (C=O) groups is 1. The van der Waals surface area contributed by atoms with E-state index in [-0.39, 0.29) is 11.1 Å². The highest BCUT2D eigenvalue weighted by molar-refractivity contribution is 6.74. The summed E-state index contributed by atoms with van der Waals surface area (Å²) in [6.07, 6.45) is 5.99. The molecule has 0 aliphatic carbocycles. The van der Waals surface area contributed by atoms with Crippen molar-refractivity contribution < 1.29 is 18.7 Å². The van der Waals surface area contributed by atoms with Crippen LogP contribution in [-0.2, 0) is 18.7 Å². The van der Waals surface area contributed by atoms with Crippen LogP contribution in [0.2, 0.25) is 18.1 Å². The Morgan fingerprint density at radius 1 is 1.17 bits per heavy atom. The number of aldehydes is 1. The van der Waals surface area contributed by atoms with E-state index >= 15 is 0 Å². The fourth-order valence-electron chi connectivity index (χ4n) is 2.89. The van der Waals surface area contributed by atoms with Crippen LogP contribution in [-0.4, -0.2) is 38.7 Å². The smallest absolute Gasteiger partial charge is 0.192 e. The van der Waals surface area contributed by atoms with Gasteiger partial charge in [-0.3, -0.25) is 0 Å². The SMILES string of the molecule is C[C@@H](CCCCC[C@@H]1OC(C)(C)O[C@H]1C=O)O[Si](C)(C)C(C)(C)C. The molecule has 4 nitrogen and oxygen atoms in total. The van der Waals surface area contributed by atoms with Gasteiger partial charge in [-0.2, -0.15) is 0 Å². The van der Waals surface area contributed by atoms with Crippen LogP contribution >= 0.6 is 0 Å². The highest BCUT2D eigenvalue weighted by atomic mass is 28.4. The average molecular weight is 359 g/mol. The van der Waals surface area contributed by atoms with Crippen LogP contribution in [0, 0.1) is 0 Å². The first-order valence-electron chi connectivity index (χ1n) is 9.37. The van der Waals surface area contributed by atoms with E-state index in [1.807, 2.05) is 13.8 Å². The van der Waals surface area contributed by atoms with Crippen molar-refractivity contribution in [1.82, 2.24) is 0 Å². The molecule has 3 atom stereocenters. The molecule has 0 aromatic carbocycles. The maximum atomic E-state index is 11.1. The summed E-state index contributed by atoms with van der Waals surface area (Å²) in [5, 5.41) is 0.262. The fourth-order valence-corrected chi connectivity index (χ4v) is 4.37. The van der Waals surface area contributed by atoms with Crippen molar-refractivity contribution in [3.05, 3.63) is 0 Å². The van der Waals surface area contributed by atoms with E-state index in [1.165, 1.54) is 0 Å². The van der Waals surface area contributed by atoms with Crippen molar-refractivity contribution >= 4 is 14.6 Å². The highest BCUT2D eigenvalue weighted by Crippen LogP contribution is 2.37. The van der Waals surface area contributed by atoms with Gasteiger partial charge in [0.25, 0.3) is 0 Å². The van der Waals surface area contributed by atoms with E-state index < -0.39 is 20.2 Å². The van der Waals surface area contributed by atoms with E-state index in [9.17, 15) is 4.79 Å². The molecule has 0 spiro atoms. The van der Waals surface area contributed by atoms with E-state index in [0.29, 0.717) is 6.10 Å². The third-order valence-corrected chi connectivity index (χ3v) is 9.86. The molecule has 0 aromatic heterocycles. The lowest BCUT2D eigenvalue weighted by molar-refractivity contribution is -0.150. The Bertz CT molecular complexity index is 401. The molecule has 1 aliphatic heterocycles. The van der Waals surface area contributed by atoms with Gasteiger partial charge in [-0.15, -0.1) is 0 Å². The maximum Gasteiger partial charge on any atom is 0.192 e. The van der Waals surface area contributed by atoms with Crippen LogP contribution in [0.25, 0.3) is 0 Å². The van der Waals surface area contributed by atoms with Crippen molar-refractivity contribution in [2.75, 3.05) is 0 Å². The topological polar surface area (TPSA) is 44.8 Å². The molecule has 0 aromatic rings. The average Bonchev–Trinajstić information content (AvgIpc) is 2.71. The second-order valence-corrected chi connectivity index (χ2v) is 13.9. The third kappa shape index (κ3) is 6.58. The molecule has 5 heteroatoms. The summed E-state index contributed by atoms with van der Waals surface area (Å²) in [5.41, 5.74) is 0. The number of unbranched alkanes of at least 4 members (excludes halogenated alkanes) is 2. The van der Waals surface area contributed by atoms with Gasteiger partial charge in [0.05, 0.1) is 6.10 Å². The quantitative estimate of drug-likeness (QED) is 0.328. The summed E-state index contributed by atoms with van der Waals surface area (Å²) in [5.74, 6) is -0.637. The predicted molar refractivity (Wildman–Crippen MR) is 101 cm³/mol. The molecule has 0 bridgehead atoms. The molecular formula is C19H38O4Si. The van der Waals surface area contributed by atoms with Gasteiger partial charge >= 0.3 is 0 Å². The summed E-state index contributed by atoms with van der Waals surface area (Å²) >= 11 is 0. The van der Waals surface area contributed by atoms with Gasteiger partial charge in [0, 0.05) is 6.10 Å². The number of hydrogen-bond donors (Lipinski definition) is 0. The monoisotopic (exact) mass is 358 g/mol. The first kappa shape index (κ1) is 21.8. The number of hydrogen-bond acceptors (Lipinski definition) is 4. The van der Waals surface area contributed by atoms with E-state index in [4.69, 9.17) is 13.9 Å². The van der Waals surface area contributed by atoms with Crippen LogP contribution in [0.3, 0.4) is 0 Å². The van der Waals surface area contributed by atoms with Crippen LogP contribution in [0.5, 0.6) is 0 Å². The number of carbonyl (C=O) groups excluding carboxylic acids is 1. The van der Waals surface area contributed by atoms with Gasteiger partial charge in [-0.25, -0.2) is 0 Å². The molecular weight excluding hydrogens is 320 g/mol. The Morgan fingerprint density at radius 2 is 1.79 bits per heavy atom. The first-order chi connectivity index (χ1) is 10.9. The second-order valence-electron chi connectivity index (χ2n) is 9.10. The minimum absolute atomic E-state index is 0.0987. The standard InChI is InChI=1S/C19H38O4Si/c1-15(23-24(7,8)18(2,3)4)12-10-9-11-13-16-17(14-20)22-19(5,6)21-16/h14-17H,9-13H2,1-8H3/t15-,16-,17-/m0/s1. The molecule has 142 valence electrons. The lowest BCUT2D eigenvalue weighted by atomic mass is 10.0. The Balaban J connectivity index is 2.23. The van der Waals surface area contributed by atoms with E-state index in [2.05, 4.69) is 40.8 Å². The zero-order valence-corrected chi connectivity index (χ0v) is 18.0. The Hall–Kier alpha value is -0.233. The summed E-state index contributed by atoms with van der Waals surface area (Å²) < 4.78 is 17.8. The molecule has 1 heterocycles. The molecule has 1 rings (SSSR count). The van der Waals surface area contributed by atoms with E-state index in [0.717, 1.165) is 38.4 Å². The Kier molecular flexibility index (Phi) is 7.66. The normalized spacial score (nSPS) is 25.7. The fraction of sp³-hybridized carbons (Fsp3) is 0.947. The molecule has 0 unspecified atom stereocenters. The minimum Gasteiger partial charge on any atom is -0.414 e. The molecule has 0 N–H and O–H groups in total. The molecule has 1 aliphatic rings. The molecule has 1 fully saturated rings. The van der Waals surface area contributed by atoms with Gasteiger partial charge in [-0.05, 0) is 51.7 Å².